The fraction of sp³-hybridized carbons (Fsp3) is 0.323. The Morgan fingerprint density at radius 2 is 1.69 bits per heavy atom. The molecule has 1 spiro atoms. The van der Waals surface area contributed by atoms with E-state index in [-0.39, 0.29) is 43.8 Å². The number of rotatable bonds is 8. The number of nitrogens with one attached hydrogen (secondary N) is 2. The SMILES string of the molecule is COc1ccccc1CCNC(=O)CN1CN(c2ccccc2)C2(CCN(C(=O)Nc3ccc(F)cc3F)CC2)C1=O. The number of hydrogen-bond acceptors (Lipinski definition) is 5. The number of halogens is 2. The van der Waals surface area contributed by atoms with Crippen molar-refractivity contribution in [3.63, 3.8) is 0 Å². The van der Waals surface area contributed by atoms with Crippen LogP contribution in [0, 0.1) is 11.6 Å². The maximum Gasteiger partial charge on any atom is 0.321 e. The number of carbonyl (C=O) groups excluding carboxylic acids is 3. The Morgan fingerprint density at radius 1 is 0.976 bits per heavy atom. The number of carbonyl (C=O) groups is 3. The van der Waals surface area contributed by atoms with Crippen LogP contribution in [-0.4, -0.2) is 73.1 Å². The van der Waals surface area contributed by atoms with Crippen molar-refractivity contribution in [1.29, 1.82) is 0 Å². The number of amides is 4. The summed E-state index contributed by atoms with van der Waals surface area (Å²) < 4.78 is 32.7. The van der Waals surface area contributed by atoms with E-state index in [1.54, 1.807) is 12.0 Å². The van der Waals surface area contributed by atoms with Crippen molar-refractivity contribution >= 4 is 29.2 Å². The Bertz CT molecular complexity index is 1450. The highest BCUT2D eigenvalue weighted by molar-refractivity contribution is 5.97. The van der Waals surface area contributed by atoms with Crippen LogP contribution in [0.3, 0.4) is 0 Å². The topological polar surface area (TPSA) is 94.2 Å². The van der Waals surface area contributed by atoms with Crippen LogP contribution in [0.1, 0.15) is 18.4 Å². The zero-order chi connectivity index (χ0) is 29.7. The molecule has 0 unspecified atom stereocenters. The summed E-state index contributed by atoms with van der Waals surface area (Å²) in [5.74, 6) is -1.28. The van der Waals surface area contributed by atoms with Gasteiger partial charge in [-0.15, -0.1) is 0 Å². The van der Waals surface area contributed by atoms with Crippen LogP contribution in [0.4, 0.5) is 25.0 Å². The molecule has 5 rings (SSSR count). The lowest BCUT2D eigenvalue weighted by Crippen LogP contribution is -2.58. The lowest BCUT2D eigenvalue weighted by Gasteiger charge is -2.43. The number of benzene rings is 3. The van der Waals surface area contributed by atoms with E-state index in [4.69, 9.17) is 4.74 Å². The third kappa shape index (κ3) is 6.00. The molecule has 0 bridgehead atoms. The molecule has 3 aromatic carbocycles. The van der Waals surface area contributed by atoms with Gasteiger partial charge in [0.1, 0.15) is 29.5 Å². The van der Waals surface area contributed by atoms with Crippen molar-refractivity contribution in [1.82, 2.24) is 15.1 Å². The van der Waals surface area contributed by atoms with Crippen molar-refractivity contribution in [3.05, 3.63) is 90.0 Å². The van der Waals surface area contributed by atoms with Crippen LogP contribution in [0.5, 0.6) is 5.75 Å². The Labute approximate surface area is 243 Å². The summed E-state index contributed by atoms with van der Waals surface area (Å²) >= 11 is 0. The first kappa shape index (κ1) is 28.8. The van der Waals surface area contributed by atoms with Gasteiger partial charge >= 0.3 is 6.03 Å². The third-order valence-corrected chi connectivity index (χ3v) is 7.88. The first-order valence-electron chi connectivity index (χ1n) is 13.8. The molecule has 11 heteroatoms. The molecule has 0 saturated carbocycles. The normalized spacial score (nSPS) is 16.1. The van der Waals surface area contributed by atoms with Crippen molar-refractivity contribution in [2.75, 3.05) is 50.2 Å². The van der Waals surface area contributed by atoms with Gasteiger partial charge in [-0.05, 0) is 55.2 Å². The van der Waals surface area contributed by atoms with E-state index in [0.717, 1.165) is 23.1 Å². The van der Waals surface area contributed by atoms with Gasteiger partial charge in [-0.1, -0.05) is 36.4 Å². The zero-order valence-electron chi connectivity index (χ0n) is 23.3. The molecule has 2 fully saturated rings. The second-order valence-corrected chi connectivity index (χ2v) is 10.4. The largest absolute Gasteiger partial charge is 0.496 e. The molecule has 0 aliphatic carbocycles. The summed E-state index contributed by atoms with van der Waals surface area (Å²) in [6.45, 7) is 1.01. The zero-order valence-corrected chi connectivity index (χ0v) is 23.3. The van der Waals surface area contributed by atoms with Crippen molar-refractivity contribution in [3.8, 4) is 5.75 Å². The summed E-state index contributed by atoms with van der Waals surface area (Å²) in [7, 11) is 1.60. The molecule has 220 valence electrons. The van der Waals surface area contributed by atoms with Gasteiger partial charge < -0.3 is 30.1 Å². The molecule has 2 aliphatic heterocycles. The fourth-order valence-corrected chi connectivity index (χ4v) is 5.66. The molecule has 0 aromatic heterocycles. The fourth-order valence-electron chi connectivity index (χ4n) is 5.66. The van der Waals surface area contributed by atoms with Crippen LogP contribution in [-0.2, 0) is 16.0 Å². The average Bonchev–Trinajstić information content (AvgIpc) is 3.25. The molecule has 42 heavy (non-hydrogen) atoms. The lowest BCUT2D eigenvalue weighted by molar-refractivity contribution is -0.137. The van der Waals surface area contributed by atoms with Crippen molar-refractivity contribution in [2.45, 2.75) is 24.8 Å². The summed E-state index contributed by atoms with van der Waals surface area (Å²) in [5.41, 5.74) is 0.769. The van der Waals surface area contributed by atoms with Crippen LogP contribution in [0.15, 0.2) is 72.8 Å². The second kappa shape index (κ2) is 12.5. The number of likely N-dealkylation sites (tertiary alicyclic amines) is 1. The van der Waals surface area contributed by atoms with Gasteiger partial charge in [-0.3, -0.25) is 9.59 Å². The molecule has 9 nitrogen and oxygen atoms in total. The van der Waals surface area contributed by atoms with Gasteiger partial charge in [0.2, 0.25) is 5.91 Å². The van der Waals surface area contributed by atoms with Gasteiger partial charge in [-0.2, -0.15) is 0 Å². The molecule has 0 radical (unpaired) electrons. The molecule has 2 N–H and O–H groups in total. The number of urea groups is 1. The summed E-state index contributed by atoms with van der Waals surface area (Å²) in [6.07, 6.45) is 1.24. The molecule has 2 heterocycles. The number of anilines is 2. The highest BCUT2D eigenvalue weighted by atomic mass is 19.1. The summed E-state index contributed by atoms with van der Waals surface area (Å²) in [6, 6.07) is 19.5. The van der Waals surface area contributed by atoms with E-state index in [1.807, 2.05) is 59.5 Å². The molecule has 3 aromatic rings. The maximum absolute atomic E-state index is 14.1. The van der Waals surface area contributed by atoms with E-state index in [2.05, 4.69) is 10.6 Å². The van der Waals surface area contributed by atoms with E-state index in [9.17, 15) is 23.2 Å². The maximum atomic E-state index is 14.1. The quantitative estimate of drug-likeness (QED) is 0.422. The minimum atomic E-state index is -0.934. The summed E-state index contributed by atoms with van der Waals surface area (Å²) in [4.78, 5) is 44.8. The minimum absolute atomic E-state index is 0.0934. The van der Waals surface area contributed by atoms with Crippen LogP contribution < -0.4 is 20.3 Å². The van der Waals surface area contributed by atoms with Crippen molar-refractivity contribution in [2.24, 2.45) is 0 Å². The van der Waals surface area contributed by atoms with Gasteiger partial charge in [0.25, 0.3) is 5.91 Å². The van der Waals surface area contributed by atoms with Gasteiger partial charge in [0.05, 0.1) is 19.5 Å². The first-order valence-corrected chi connectivity index (χ1v) is 13.8. The number of nitrogens with zero attached hydrogens (tertiary/aromatic N) is 3. The predicted octanol–water partition coefficient (Wildman–Crippen LogP) is 4.01. The molecular formula is C31H33F2N5O4. The molecule has 4 amide bonds. The Morgan fingerprint density at radius 3 is 2.40 bits per heavy atom. The predicted molar refractivity (Wildman–Crippen MR) is 154 cm³/mol. The highest BCUT2D eigenvalue weighted by Gasteiger charge is 2.54. The number of piperidine rings is 1. The summed E-state index contributed by atoms with van der Waals surface area (Å²) in [5, 5.41) is 5.40. The van der Waals surface area contributed by atoms with Gasteiger partial charge in [0, 0.05) is 31.4 Å². The molecule has 2 saturated heterocycles. The van der Waals surface area contributed by atoms with Gasteiger partial charge in [0.15, 0.2) is 0 Å². The average molecular weight is 578 g/mol. The number of hydrogen-bond donors (Lipinski definition) is 2. The van der Waals surface area contributed by atoms with Crippen LogP contribution >= 0.6 is 0 Å². The van der Waals surface area contributed by atoms with E-state index in [1.165, 1.54) is 11.0 Å². The minimum Gasteiger partial charge on any atom is -0.496 e. The number of methoxy groups -OCH3 is 1. The van der Waals surface area contributed by atoms with Crippen LogP contribution in [0.2, 0.25) is 0 Å². The lowest BCUT2D eigenvalue weighted by atomic mass is 9.85. The highest BCUT2D eigenvalue weighted by Crippen LogP contribution is 2.39. The van der Waals surface area contributed by atoms with Crippen molar-refractivity contribution < 1.29 is 27.9 Å². The van der Waals surface area contributed by atoms with E-state index < -0.39 is 23.2 Å². The standard InChI is InChI=1S/C31H33F2N5O4/c1-42-27-10-6-5-7-22(27)13-16-34-28(39)20-37-21-38(24-8-3-2-4-9-24)31(29(37)40)14-17-36(18-15-31)30(41)35-26-12-11-23(32)19-25(26)33/h2-12,19H,13-18,20-21H2,1H3,(H,34,39)(H,35,41). The smallest absolute Gasteiger partial charge is 0.321 e. The monoisotopic (exact) mass is 577 g/mol. The Kier molecular flexibility index (Phi) is 8.56. The molecular weight excluding hydrogens is 544 g/mol. The van der Waals surface area contributed by atoms with Crippen LogP contribution in [0.25, 0.3) is 0 Å². The number of ether oxygens (including phenoxy) is 1. The van der Waals surface area contributed by atoms with E-state index >= 15 is 0 Å². The second-order valence-electron chi connectivity index (χ2n) is 10.4. The number of para-hydroxylation sites is 2. The van der Waals surface area contributed by atoms with E-state index in [0.29, 0.717) is 31.9 Å². The third-order valence-electron chi connectivity index (χ3n) is 7.88. The van der Waals surface area contributed by atoms with Gasteiger partial charge in [-0.25, -0.2) is 13.6 Å². The Hall–Kier alpha value is -4.67. The first-order chi connectivity index (χ1) is 20.3. The Balaban J connectivity index is 1.24. The molecule has 2 aliphatic rings. The molecule has 0 atom stereocenters.